The Hall–Kier alpha value is -1.51. The molecule has 4 bridgehead atoms. The number of hydrogen-bond donors (Lipinski definition) is 0. The fourth-order valence-corrected chi connectivity index (χ4v) is 6.37. The Morgan fingerprint density at radius 2 is 1.68 bits per heavy atom. The molecule has 1 heterocycles. The molecule has 1 amide bonds. The Labute approximate surface area is 150 Å². The van der Waals surface area contributed by atoms with E-state index in [0.717, 1.165) is 37.8 Å². The van der Waals surface area contributed by atoms with E-state index in [2.05, 4.69) is 30.3 Å². The van der Waals surface area contributed by atoms with Crippen LogP contribution in [0, 0.1) is 29.6 Å². The number of rotatable bonds is 3. The number of carbonyl (C=O) groups excluding carboxylic acids is 1. The molecule has 1 unspecified atom stereocenters. The summed E-state index contributed by atoms with van der Waals surface area (Å²) < 4.78 is 6.10. The normalized spacial score (nSPS) is 39.0. The minimum atomic E-state index is -0.0342. The average molecular weight is 339 g/mol. The van der Waals surface area contributed by atoms with E-state index in [1.807, 2.05) is 4.90 Å². The summed E-state index contributed by atoms with van der Waals surface area (Å²) in [6, 6.07) is 10.6. The van der Waals surface area contributed by atoms with Crippen LogP contribution in [0.15, 0.2) is 30.3 Å². The van der Waals surface area contributed by atoms with E-state index in [9.17, 15) is 4.79 Å². The molecule has 5 aliphatic rings. The van der Waals surface area contributed by atoms with Gasteiger partial charge < -0.3 is 9.64 Å². The van der Waals surface area contributed by atoms with Gasteiger partial charge in [0.2, 0.25) is 0 Å². The standard InChI is InChI=1S/C22H29NO2/c24-22(23-7-6-16(14-23)8-15-4-2-1-3-5-15)25-21-19-10-17-9-18(12-19)13-20(21)11-17/h1-5,16-21H,6-14H2. The SMILES string of the molecule is O=C(OC1C2CC3CC(C2)CC1C3)N1CCC(Cc2ccccc2)C1. The Bertz CT molecular complexity index is 600. The van der Waals surface area contributed by atoms with Gasteiger partial charge in [-0.1, -0.05) is 30.3 Å². The molecule has 1 aromatic rings. The molecule has 0 N–H and O–H groups in total. The van der Waals surface area contributed by atoms with Gasteiger partial charge in [0, 0.05) is 13.1 Å². The highest BCUT2D eigenvalue weighted by atomic mass is 16.6. The molecule has 134 valence electrons. The summed E-state index contributed by atoms with van der Waals surface area (Å²) in [6.45, 7) is 1.73. The van der Waals surface area contributed by atoms with Crippen LogP contribution in [0.4, 0.5) is 4.79 Å². The van der Waals surface area contributed by atoms with E-state index in [1.54, 1.807) is 0 Å². The predicted molar refractivity (Wildman–Crippen MR) is 97.1 cm³/mol. The van der Waals surface area contributed by atoms with Crippen molar-refractivity contribution in [3.05, 3.63) is 35.9 Å². The van der Waals surface area contributed by atoms with Gasteiger partial charge in [-0.2, -0.15) is 0 Å². The van der Waals surface area contributed by atoms with Crippen molar-refractivity contribution >= 4 is 6.09 Å². The van der Waals surface area contributed by atoms with E-state index in [-0.39, 0.29) is 12.2 Å². The minimum Gasteiger partial charge on any atom is -0.446 e. The third-order valence-electron chi connectivity index (χ3n) is 7.29. The third kappa shape index (κ3) is 3.07. The van der Waals surface area contributed by atoms with Crippen LogP contribution in [0.3, 0.4) is 0 Å². The van der Waals surface area contributed by atoms with Crippen LogP contribution in [0.2, 0.25) is 0 Å². The molecule has 6 rings (SSSR count). The first-order valence-electron chi connectivity index (χ1n) is 10.2. The second-order valence-electron chi connectivity index (χ2n) is 9.07. The Balaban J connectivity index is 1.17. The molecular weight excluding hydrogens is 310 g/mol. The van der Waals surface area contributed by atoms with Gasteiger partial charge in [-0.15, -0.1) is 0 Å². The molecule has 1 aliphatic heterocycles. The zero-order valence-electron chi connectivity index (χ0n) is 15.0. The van der Waals surface area contributed by atoms with Gasteiger partial charge in [0.05, 0.1) is 0 Å². The van der Waals surface area contributed by atoms with Gasteiger partial charge in [0.25, 0.3) is 0 Å². The fraction of sp³-hybridized carbons (Fsp3) is 0.682. The summed E-state index contributed by atoms with van der Waals surface area (Å²) in [5.41, 5.74) is 1.38. The van der Waals surface area contributed by atoms with E-state index in [4.69, 9.17) is 4.74 Å². The first-order valence-corrected chi connectivity index (χ1v) is 10.2. The van der Waals surface area contributed by atoms with Crippen LogP contribution in [0.5, 0.6) is 0 Å². The van der Waals surface area contributed by atoms with Crippen molar-refractivity contribution in [3.63, 3.8) is 0 Å². The smallest absolute Gasteiger partial charge is 0.410 e. The number of hydrogen-bond acceptors (Lipinski definition) is 2. The van der Waals surface area contributed by atoms with Crippen LogP contribution in [-0.2, 0) is 11.2 Å². The monoisotopic (exact) mass is 339 g/mol. The Morgan fingerprint density at radius 3 is 2.36 bits per heavy atom. The van der Waals surface area contributed by atoms with Gasteiger partial charge in [0.1, 0.15) is 6.10 Å². The number of likely N-dealkylation sites (tertiary alicyclic amines) is 1. The van der Waals surface area contributed by atoms with Crippen LogP contribution in [-0.4, -0.2) is 30.2 Å². The topological polar surface area (TPSA) is 29.5 Å². The van der Waals surface area contributed by atoms with Crippen molar-refractivity contribution in [1.29, 1.82) is 0 Å². The first kappa shape index (κ1) is 15.7. The molecule has 0 aromatic heterocycles. The van der Waals surface area contributed by atoms with E-state index >= 15 is 0 Å². The van der Waals surface area contributed by atoms with Gasteiger partial charge in [-0.3, -0.25) is 0 Å². The molecule has 25 heavy (non-hydrogen) atoms. The predicted octanol–water partition coefficient (Wildman–Crippen LogP) is 4.51. The van der Waals surface area contributed by atoms with Crippen LogP contribution in [0.25, 0.3) is 0 Å². The Morgan fingerprint density at radius 1 is 1.00 bits per heavy atom. The lowest BCUT2D eigenvalue weighted by atomic mass is 9.55. The molecule has 1 saturated heterocycles. The van der Waals surface area contributed by atoms with Crippen LogP contribution < -0.4 is 0 Å². The molecule has 1 aromatic carbocycles. The lowest BCUT2D eigenvalue weighted by Gasteiger charge is -2.53. The summed E-state index contributed by atoms with van der Waals surface area (Å²) in [6.07, 6.45) is 9.03. The fourth-order valence-electron chi connectivity index (χ4n) is 6.37. The molecule has 4 saturated carbocycles. The van der Waals surface area contributed by atoms with Crippen LogP contribution in [0.1, 0.15) is 44.1 Å². The lowest BCUT2D eigenvalue weighted by Crippen LogP contribution is -2.51. The highest BCUT2D eigenvalue weighted by molar-refractivity contribution is 5.68. The van der Waals surface area contributed by atoms with Crippen molar-refractivity contribution in [3.8, 4) is 0 Å². The van der Waals surface area contributed by atoms with Crippen molar-refractivity contribution in [2.45, 2.75) is 51.0 Å². The summed E-state index contributed by atoms with van der Waals surface area (Å²) in [7, 11) is 0. The van der Waals surface area contributed by atoms with Crippen molar-refractivity contribution < 1.29 is 9.53 Å². The van der Waals surface area contributed by atoms with E-state index < -0.39 is 0 Å². The number of nitrogens with zero attached hydrogens (tertiary/aromatic N) is 1. The summed E-state index contributed by atoms with van der Waals surface area (Å²) in [5, 5.41) is 0. The number of benzene rings is 1. The first-order chi connectivity index (χ1) is 12.2. The maximum absolute atomic E-state index is 12.7. The Kier molecular flexibility index (Phi) is 3.98. The lowest BCUT2D eigenvalue weighted by molar-refractivity contribution is -0.101. The van der Waals surface area contributed by atoms with Crippen LogP contribution >= 0.6 is 0 Å². The maximum Gasteiger partial charge on any atom is 0.410 e. The van der Waals surface area contributed by atoms with E-state index in [0.29, 0.717) is 17.8 Å². The van der Waals surface area contributed by atoms with Gasteiger partial charge >= 0.3 is 6.09 Å². The van der Waals surface area contributed by atoms with Crippen molar-refractivity contribution in [2.75, 3.05) is 13.1 Å². The van der Waals surface area contributed by atoms with Crippen molar-refractivity contribution in [2.24, 2.45) is 29.6 Å². The zero-order chi connectivity index (χ0) is 16.8. The number of amides is 1. The molecular formula is C22H29NO2. The van der Waals surface area contributed by atoms with Gasteiger partial charge in [-0.05, 0) is 80.1 Å². The minimum absolute atomic E-state index is 0.0342. The number of carbonyl (C=O) groups is 1. The summed E-state index contributed by atoms with van der Waals surface area (Å²) in [4.78, 5) is 14.7. The van der Waals surface area contributed by atoms with Gasteiger partial charge in [0.15, 0.2) is 0 Å². The molecule has 3 heteroatoms. The second kappa shape index (κ2) is 6.34. The highest BCUT2D eigenvalue weighted by Crippen LogP contribution is 2.54. The summed E-state index contributed by atoms with van der Waals surface area (Å²) >= 11 is 0. The second-order valence-corrected chi connectivity index (χ2v) is 9.07. The largest absolute Gasteiger partial charge is 0.446 e. The molecule has 3 nitrogen and oxygen atoms in total. The van der Waals surface area contributed by atoms with Gasteiger partial charge in [-0.25, -0.2) is 4.79 Å². The van der Waals surface area contributed by atoms with Crippen molar-refractivity contribution in [1.82, 2.24) is 4.90 Å². The quantitative estimate of drug-likeness (QED) is 0.811. The molecule has 0 radical (unpaired) electrons. The molecule has 1 atom stereocenters. The van der Waals surface area contributed by atoms with E-state index in [1.165, 1.54) is 37.7 Å². The third-order valence-corrected chi connectivity index (χ3v) is 7.29. The molecule has 5 fully saturated rings. The molecule has 4 aliphatic carbocycles. The maximum atomic E-state index is 12.7. The summed E-state index contributed by atoms with van der Waals surface area (Å²) in [5.74, 6) is 3.75. The average Bonchev–Trinajstić information content (AvgIpc) is 3.07. The highest BCUT2D eigenvalue weighted by Gasteiger charge is 2.50. The number of ether oxygens (including phenoxy) is 1. The molecule has 0 spiro atoms. The zero-order valence-corrected chi connectivity index (χ0v) is 15.0.